The lowest BCUT2D eigenvalue weighted by Crippen LogP contribution is -2.50. The first-order valence-electron chi connectivity index (χ1n) is 13.0. The molecule has 7 nitrogen and oxygen atoms in total. The van der Waals surface area contributed by atoms with E-state index in [1.54, 1.807) is 0 Å². The van der Waals surface area contributed by atoms with Crippen LogP contribution in [0.15, 0.2) is 54.6 Å². The van der Waals surface area contributed by atoms with Crippen LogP contribution in [0.4, 0.5) is 4.79 Å². The second-order valence-corrected chi connectivity index (χ2v) is 11.0. The third-order valence-electron chi connectivity index (χ3n) is 6.99. The summed E-state index contributed by atoms with van der Waals surface area (Å²) in [5, 5.41) is 3.51. The molecule has 36 heavy (non-hydrogen) atoms. The van der Waals surface area contributed by atoms with Gasteiger partial charge < -0.3 is 24.6 Å². The first kappa shape index (κ1) is 26.0. The zero-order valence-corrected chi connectivity index (χ0v) is 21.8. The fraction of sp³-hybridized carbons (Fsp3) is 0.517. The van der Waals surface area contributed by atoms with E-state index in [-0.39, 0.29) is 17.4 Å². The summed E-state index contributed by atoms with van der Waals surface area (Å²) in [5.41, 5.74) is 1.08. The van der Waals surface area contributed by atoms with E-state index < -0.39 is 5.60 Å². The Hall–Kier alpha value is -3.06. The fourth-order valence-corrected chi connectivity index (χ4v) is 5.04. The summed E-state index contributed by atoms with van der Waals surface area (Å²) in [7, 11) is 0. The van der Waals surface area contributed by atoms with Gasteiger partial charge in [-0.2, -0.15) is 0 Å². The molecule has 194 valence electrons. The normalized spacial score (nSPS) is 19.0. The number of hydrogen-bond donors (Lipinski definition) is 1. The molecule has 0 bridgehead atoms. The Morgan fingerprint density at radius 2 is 1.69 bits per heavy atom. The van der Waals surface area contributed by atoms with Gasteiger partial charge >= 0.3 is 6.09 Å². The summed E-state index contributed by atoms with van der Waals surface area (Å²) in [4.78, 5) is 30.4. The van der Waals surface area contributed by atoms with E-state index in [0.29, 0.717) is 44.1 Å². The van der Waals surface area contributed by atoms with Crippen LogP contribution in [-0.4, -0.2) is 66.7 Å². The maximum atomic E-state index is 14.0. The van der Waals surface area contributed by atoms with Crippen molar-refractivity contribution in [1.29, 1.82) is 0 Å². The van der Waals surface area contributed by atoms with Crippen LogP contribution in [0.1, 0.15) is 56.0 Å². The number of likely N-dealkylation sites (tertiary alicyclic amines) is 1. The van der Waals surface area contributed by atoms with Gasteiger partial charge in [0.15, 0.2) is 0 Å². The van der Waals surface area contributed by atoms with Crippen LogP contribution in [0.25, 0.3) is 0 Å². The molecular weight excluding hydrogens is 454 g/mol. The second-order valence-electron chi connectivity index (χ2n) is 11.0. The zero-order chi connectivity index (χ0) is 25.6. The Balaban J connectivity index is 1.60. The summed E-state index contributed by atoms with van der Waals surface area (Å²) >= 11 is 0. The molecule has 0 atom stereocenters. The molecule has 0 saturated carbocycles. The standard InChI is InChI=1S/C29H39N3O4/c1-28(2,3)36-27(34)31-18-14-29(15-19-31)13-16-30-17-20-35-25-12-8-7-11-24(25)26(33)32(22-29)21-23-9-5-4-6-10-23/h4-12,30H,13-22H2,1-3H3. The summed E-state index contributed by atoms with van der Waals surface area (Å²) in [6.45, 7) is 10.1. The van der Waals surface area contributed by atoms with Gasteiger partial charge in [-0.1, -0.05) is 42.5 Å². The Kier molecular flexibility index (Phi) is 8.19. The summed E-state index contributed by atoms with van der Waals surface area (Å²) in [6, 6.07) is 17.6. The third kappa shape index (κ3) is 6.78. The minimum Gasteiger partial charge on any atom is -0.491 e. The lowest BCUT2D eigenvalue weighted by molar-refractivity contribution is 0.00215. The maximum Gasteiger partial charge on any atom is 0.410 e. The molecule has 1 fully saturated rings. The highest BCUT2D eigenvalue weighted by Gasteiger charge is 2.39. The predicted octanol–water partition coefficient (Wildman–Crippen LogP) is 4.72. The molecule has 2 aliphatic heterocycles. The number of amides is 2. The Labute approximate surface area is 214 Å². The monoisotopic (exact) mass is 493 g/mol. The molecule has 1 spiro atoms. The van der Waals surface area contributed by atoms with Crippen molar-refractivity contribution in [3.05, 3.63) is 65.7 Å². The Morgan fingerprint density at radius 3 is 2.42 bits per heavy atom. The molecule has 2 aliphatic rings. The average Bonchev–Trinajstić information content (AvgIpc) is 2.85. The van der Waals surface area contributed by atoms with Crippen molar-refractivity contribution in [3.63, 3.8) is 0 Å². The van der Waals surface area contributed by atoms with Crippen LogP contribution in [0, 0.1) is 5.41 Å². The van der Waals surface area contributed by atoms with Crippen LogP contribution >= 0.6 is 0 Å². The number of ether oxygens (including phenoxy) is 2. The van der Waals surface area contributed by atoms with Crippen LogP contribution < -0.4 is 10.1 Å². The third-order valence-corrected chi connectivity index (χ3v) is 6.99. The SMILES string of the molecule is CC(C)(C)OC(=O)N1CCC2(CCNCCOc3ccccc3C(=O)N(Cc3ccccc3)C2)CC1. The second kappa shape index (κ2) is 11.3. The van der Waals surface area contributed by atoms with Crippen molar-refractivity contribution in [2.24, 2.45) is 5.41 Å². The van der Waals surface area contributed by atoms with E-state index in [0.717, 1.165) is 37.9 Å². The Morgan fingerprint density at radius 1 is 1.00 bits per heavy atom. The lowest BCUT2D eigenvalue weighted by atomic mass is 9.75. The quantitative estimate of drug-likeness (QED) is 0.656. The first-order valence-corrected chi connectivity index (χ1v) is 13.0. The molecule has 2 aromatic rings. The number of hydrogen-bond acceptors (Lipinski definition) is 5. The number of carbonyl (C=O) groups excluding carboxylic acids is 2. The highest BCUT2D eigenvalue weighted by molar-refractivity contribution is 5.97. The van der Waals surface area contributed by atoms with Crippen molar-refractivity contribution >= 4 is 12.0 Å². The smallest absolute Gasteiger partial charge is 0.410 e. The fourth-order valence-electron chi connectivity index (χ4n) is 5.04. The Bertz CT molecular complexity index is 1030. The number of rotatable bonds is 2. The molecule has 7 heteroatoms. The topological polar surface area (TPSA) is 71.1 Å². The van der Waals surface area contributed by atoms with Gasteiger partial charge in [-0.05, 0) is 69.7 Å². The minimum atomic E-state index is -0.516. The van der Waals surface area contributed by atoms with Crippen LogP contribution in [0.2, 0.25) is 0 Å². The number of carbonyl (C=O) groups is 2. The summed E-state index contributed by atoms with van der Waals surface area (Å²) in [6.07, 6.45) is 2.32. The molecule has 2 aromatic carbocycles. The molecule has 0 unspecified atom stereocenters. The van der Waals surface area contributed by atoms with Gasteiger partial charge in [0.25, 0.3) is 5.91 Å². The van der Waals surface area contributed by atoms with Crippen LogP contribution in [-0.2, 0) is 11.3 Å². The van der Waals surface area contributed by atoms with E-state index >= 15 is 0 Å². The number of fused-ring (bicyclic) bond motifs is 1. The molecule has 0 aliphatic carbocycles. The molecular formula is C29H39N3O4. The molecule has 0 radical (unpaired) electrons. The van der Waals surface area contributed by atoms with Gasteiger partial charge in [-0.3, -0.25) is 4.79 Å². The van der Waals surface area contributed by atoms with Crippen LogP contribution in [0.5, 0.6) is 5.75 Å². The van der Waals surface area contributed by atoms with E-state index in [1.165, 1.54) is 0 Å². The van der Waals surface area contributed by atoms with Crippen molar-refractivity contribution < 1.29 is 19.1 Å². The van der Waals surface area contributed by atoms with E-state index in [2.05, 4.69) is 17.4 Å². The van der Waals surface area contributed by atoms with E-state index in [9.17, 15) is 9.59 Å². The molecule has 2 heterocycles. The number of piperidine rings is 1. The highest BCUT2D eigenvalue weighted by atomic mass is 16.6. The van der Waals surface area contributed by atoms with Crippen LogP contribution in [0.3, 0.4) is 0 Å². The average molecular weight is 494 g/mol. The minimum absolute atomic E-state index is 0.0167. The number of nitrogens with one attached hydrogen (secondary N) is 1. The van der Waals surface area contributed by atoms with Gasteiger partial charge in [-0.25, -0.2) is 4.79 Å². The van der Waals surface area contributed by atoms with Crippen molar-refractivity contribution in [2.45, 2.75) is 52.2 Å². The van der Waals surface area contributed by atoms with Crippen molar-refractivity contribution in [1.82, 2.24) is 15.1 Å². The number of para-hydroxylation sites is 1. The summed E-state index contributed by atoms with van der Waals surface area (Å²) < 4.78 is 11.6. The molecule has 0 aromatic heterocycles. The van der Waals surface area contributed by atoms with Gasteiger partial charge in [0.2, 0.25) is 0 Å². The number of nitrogens with zero attached hydrogens (tertiary/aromatic N) is 2. The maximum absolute atomic E-state index is 14.0. The predicted molar refractivity (Wildman–Crippen MR) is 140 cm³/mol. The molecule has 1 N–H and O–H groups in total. The van der Waals surface area contributed by atoms with E-state index in [1.807, 2.05) is 73.0 Å². The van der Waals surface area contributed by atoms with Gasteiger partial charge in [0.1, 0.15) is 18.0 Å². The van der Waals surface area contributed by atoms with Crippen molar-refractivity contribution in [3.8, 4) is 5.75 Å². The number of benzene rings is 2. The largest absolute Gasteiger partial charge is 0.491 e. The lowest BCUT2D eigenvalue weighted by Gasteiger charge is -2.45. The molecule has 1 saturated heterocycles. The zero-order valence-electron chi connectivity index (χ0n) is 21.8. The van der Waals surface area contributed by atoms with E-state index in [4.69, 9.17) is 9.47 Å². The summed E-state index contributed by atoms with van der Waals surface area (Å²) in [5.74, 6) is 0.605. The first-order chi connectivity index (χ1) is 17.2. The van der Waals surface area contributed by atoms with Crippen molar-refractivity contribution in [2.75, 3.05) is 39.3 Å². The highest BCUT2D eigenvalue weighted by Crippen LogP contribution is 2.37. The molecule has 4 rings (SSSR count). The van der Waals surface area contributed by atoms with Gasteiger partial charge in [-0.15, -0.1) is 0 Å². The van der Waals surface area contributed by atoms with Gasteiger partial charge in [0.05, 0.1) is 5.56 Å². The van der Waals surface area contributed by atoms with Gasteiger partial charge in [0, 0.05) is 32.7 Å². The molecule has 2 amide bonds.